The minimum absolute atomic E-state index is 0. The molecule has 0 atom stereocenters. The van der Waals surface area contributed by atoms with Crippen LogP contribution in [-0.2, 0) is 11.3 Å². The number of hydrogen-bond acceptors (Lipinski definition) is 5. The highest BCUT2D eigenvalue weighted by atomic mass is 35.5. The molecule has 0 bridgehead atoms. The largest absolute Gasteiger partial charge is 0.504 e. The number of carbonyl (C=O) groups excluding carboxylic acids is 1. The topological polar surface area (TPSA) is 61.8 Å². The quantitative estimate of drug-likeness (QED) is 0.614. The van der Waals surface area contributed by atoms with Gasteiger partial charge in [-0.2, -0.15) is 0 Å². The molecular weight excluding hydrogens is 420 g/mol. The van der Waals surface area contributed by atoms with Gasteiger partial charge in [0.15, 0.2) is 11.5 Å². The summed E-state index contributed by atoms with van der Waals surface area (Å²) in [6.07, 6.45) is 1.77. The van der Waals surface area contributed by atoms with Gasteiger partial charge in [0.25, 0.3) is 0 Å². The highest BCUT2D eigenvalue weighted by molar-refractivity contribution is 7.17. The van der Waals surface area contributed by atoms with Crippen molar-refractivity contribution in [3.63, 3.8) is 0 Å². The van der Waals surface area contributed by atoms with Crippen molar-refractivity contribution in [2.75, 3.05) is 26.2 Å². The van der Waals surface area contributed by atoms with Crippen molar-refractivity contribution in [1.29, 1.82) is 0 Å². The molecule has 0 unspecified atom stereocenters. The lowest BCUT2D eigenvalue weighted by Gasteiger charge is -2.28. The van der Waals surface area contributed by atoms with Crippen LogP contribution < -0.4 is 10.1 Å². The SMILES string of the molecule is Cl.O=C(C1CCNCC1)N1CCOc2c(O)cc(-c3csc4ccccc34)cc2C1. The molecule has 158 valence electrons. The maximum atomic E-state index is 13.1. The van der Waals surface area contributed by atoms with Crippen LogP contribution in [0.3, 0.4) is 0 Å². The lowest BCUT2D eigenvalue weighted by molar-refractivity contribution is -0.137. The van der Waals surface area contributed by atoms with E-state index in [4.69, 9.17) is 4.74 Å². The molecule has 2 aliphatic heterocycles. The van der Waals surface area contributed by atoms with Crippen molar-refractivity contribution in [3.8, 4) is 22.6 Å². The van der Waals surface area contributed by atoms with Gasteiger partial charge < -0.3 is 20.1 Å². The van der Waals surface area contributed by atoms with Crippen LogP contribution >= 0.6 is 23.7 Å². The molecule has 5 nitrogen and oxygen atoms in total. The van der Waals surface area contributed by atoms with E-state index in [2.05, 4.69) is 28.9 Å². The highest BCUT2D eigenvalue weighted by Crippen LogP contribution is 2.41. The van der Waals surface area contributed by atoms with E-state index in [-0.39, 0.29) is 30.0 Å². The van der Waals surface area contributed by atoms with E-state index < -0.39 is 0 Å². The van der Waals surface area contributed by atoms with Gasteiger partial charge in [0.2, 0.25) is 5.91 Å². The number of fused-ring (bicyclic) bond motifs is 2. The first-order valence-electron chi connectivity index (χ1n) is 10.2. The molecule has 5 rings (SSSR count). The van der Waals surface area contributed by atoms with Crippen LogP contribution in [0.25, 0.3) is 21.2 Å². The first-order chi connectivity index (χ1) is 14.2. The van der Waals surface area contributed by atoms with Gasteiger partial charge in [0.05, 0.1) is 6.54 Å². The Balaban J connectivity index is 0.00000218. The maximum Gasteiger partial charge on any atom is 0.226 e. The van der Waals surface area contributed by atoms with Crippen LogP contribution in [-0.4, -0.2) is 42.2 Å². The fourth-order valence-electron chi connectivity index (χ4n) is 4.37. The van der Waals surface area contributed by atoms with E-state index in [1.165, 1.54) is 10.1 Å². The summed E-state index contributed by atoms with van der Waals surface area (Å²) >= 11 is 1.70. The predicted octanol–water partition coefficient (Wildman–Crippen LogP) is 4.42. The lowest BCUT2D eigenvalue weighted by atomic mass is 9.96. The summed E-state index contributed by atoms with van der Waals surface area (Å²) < 4.78 is 7.07. The molecule has 3 aromatic rings. The number of hydrogen-bond donors (Lipinski definition) is 2. The lowest BCUT2D eigenvalue weighted by Crippen LogP contribution is -2.41. The molecule has 1 saturated heterocycles. The average Bonchev–Trinajstić information content (AvgIpc) is 3.06. The molecule has 7 heteroatoms. The number of halogens is 1. The minimum Gasteiger partial charge on any atom is -0.504 e. The number of nitrogens with zero attached hydrogens (tertiary/aromatic N) is 1. The van der Waals surface area contributed by atoms with Crippen LogP contribution in [0.1, 0.15) is 18.4 Å². The Hall–Kier alpha value is -2.28. The molecule has 1 fully saturated rings. The van der Waals surface area contributed by atoms with Gasteiger partial charge in [-0.1, -0.05) is 18.2 Å². The fourth-order valence-corrected chi connectivity index (χ4v) is 5.34. The zero-order valence-corrected chi connectivity index (χ0v) is 18.2. The van der Waals surface area contributed by atoms with E-state index >= 15 is 0 Å². The van der Waals surface area contributed by atoms with Crippen molar-refractivity contribution in [1.82, 2.24) is 10.2 Å². The van der Waals surface area contributed by atoms with Crippen molar-refractivity contribution >= 4 is 39.7 Å². The van der Waals surface area contributed by atoms with E-state index in [0.29, 0.717) is 25.4 Å². The normalized spacial score (nSPS) is 17.0. The van der Waals surface area contributed by atoms with Crippen LogP contribution in [0.5, 0.6) is 11.5 Å². The van der Waals surface area contributed by atoms with E-state index in [1.54, 1.807) is 17.4 Å². The molecule has 0 saturated carbocycles. The first-order valence-corrected chi connectivity index (χ1v) is 11.0. The number of piperidine rings is 1. The van der Waals surface area contributed by atoms with Gasteiger partial charge in [-0.05, 0) is 55.1 Å². The number of nitrogens with one attached hydrogen (secondary N) is 1. The predicted molar refractivity (Wildman–Crippen MR) is 123 cm³/mol. The first kappa shape index (κ1) is 21.0. The number of phenolic OH excluding ortho intramolecular Hbond substituents is 1. The molecule has 0 radical (unpaired) electrons. The summed E-state index contributed by atoms with van der Waals surface area (Å²) in [6, 6.07) is 12.1. The Morgan fingerprint density at radius 1 is 1.20 bits per heavy atom. The Bertz CT molecular complexity index is 1060. The Labute approximate surface area is 186 Å². The monoisotopic (exact) mass is 444 g/mol. The molecule has 30 heavy (non-hydrogen) atoms. The summed E-state index contributed by atoms with van der Waals surface area (Å²) in [6.45, 7) is 3.22. The smallest absolute Gasteiger partial charge is 0.226 e. The van der Waals surface area contributed by atoms with Gasteiger partial charge in [-0.25, -0.2) is 0 Å². The van der Waals surface area contributed by atoms with Gasteiger partial charge >= 0.3 is 0 Å². The minimum atomic E-state index is 0. The molecule has 1 aromatic heterocycles. The van der Waals surface area contributed by atoms with Crippen molar-refractivity contribution < 1.29 is 14.6 Å². The van der Waals surface area contributed by atoms with Gasteiger partial charge in [0, 0.05) is 33.7 Å². The highest BCUT2D eigenvalue weighted by Gasteiger charge is 2.29. The molecule has 1 amide bonds. The number of rotatable bonds is 2. The Morgan fingerprint density at radius 3 is 2.83 bits per heavy atom. The van der Waals surface area contributed by atoms with Crippen molar-refractivity contribution in [3.05, 3.63) is 47.3 Å². The standard InChI is InChI=1S/C23H24N2O3S.ClH/c26-20-12-16(19-14-29-21-4-2-1-3-18(19)21)11-17-13-25(9-10-28-22(17)20)23(27)15-5-7-24-8-6-15;/h1-4,11-12,14-15,24,26H,5-10,13H2;1H. The third kappa shape index (κ3) is 3.87. The summed E-state index contributed by atoms with van der Waals surface area (Å²) in [5.74, 6) is 0.932. The number of benzene rings is 2. The summed E-state index contributed by atoms with van der Waals surface area (Å²) in [7, 11) is 0. The fraction of sp³-hybridized carbons (Fsp3) is 0.348. The number of aromatic hydroxyl groups is 1. The number of phenols is 1. The van der Waals surface area contributed by atoms with Crippen molar-refractivity contribution in [2.24, 2.45) is 5.92 Å². The molecule has 3 heterocycles. The number of thiophene rings is 1. The van der Waals surface area contributed by atoms with Gasteiger partial charge in [-0.3, -0.25) is 4.79 Å². The number of carbonyl (C=O) groups is 1. The van der Waals surface area contributed by atoms with E-state index in [0.717, 1.165) is 42.6 Å². The summed E-state index contributed by atoms with van der Waals surface area (Å²) in [5, 5.41) is 17.3. The molecular formula is C23H25ClN2O3S. The van der Waals surface area contributed by atoms with Crippen molar-refractivity contribution in [2.45, 2.75) is 19.4 Å². The van der Waals surface area contributed by atoms with Crippen LogP contribution in [0, 0.1) is 5.92 Å². The average molecular weight is 445 g/mol. The maximum absolute atomic E-state index is 13.1. The second-order valence-corrected chi connectivity index (χ2v) is 8.67. The zero-order valence-electron chi connectivity index (χ0n) is 16.6. The zero-order chi connectivity index (χ0) is 19.8. The molecule has 0 spiro atoms. The second-order valence-electron chi connectivity index (χ2n) is 7.76. The van der Waals surface area contributed by atoms with Crippen LogP contribution in [0.2, 0.25) is 0 Å². The van der Waals surface area contributed by atoms with Gasteiger partial charge in [0.1, 0.15) is 6.61 Å². The molecule has 0 aliphatic carbocycles. The van der Waals surface area contributed by atoms with E-state index in [1.807, 2.05) is 17.0 Å². The van der Waals surface area contributed by atoms with Gasteiger partial charge in [-0.15, -0.1) is 23.7 Å². The summed E-state index contributed by atoms with van der Waals surface area (Å²) in [4.78, 5) is 15.0. The Kier molecular flexibility index (Phi) is 6.18. The molecule has 2 N–H and O–H groups in total. The molecule has 2 aromatic carbocycles. The Morgan fingerprint density at radius 2 is 2.00 bits per heavy atom. The van der Waals surface area contributed by atoms with Crippen LogP contribution in [0.15, 0.2) is 41.8 Å². The third-order valence-corrected chi connectivity index (χ3v) is 6.87. The summed E-state index contributed by atoms with van der Waals surface area (Å²) in [5.41, 5.74) is 2.93. The third-order valence-electron chi connectivity index (χ3n) is 5.91. The number of amides is 1. The number of ether oxygens (including phenoxy) is 1. The van der Waals surface area contributed by atoms with E-state index in [9.17, 15) is 9.90 Å². The second kappa shape index (κ2) is 8.84. The molecule has 2 aliphatic rings. The van der Waals surface area contributed by atoms with Crippen LogP contribution in [0.4, 0.5) is 0 Å².